The van der Waals surface area contributed by atoms with E-state index in [4.69, 9.17) is 9.26 Å². The van der Waals surface area contributed by atoms with Gasteiger partial charge in [-0.3, -0.25) is 0 Å². The summed E-state index contributed by atoms with van der Waals surface area (Å²) in [5.41, 5.74) is -0.309. The lowest BCUT2D eigenvalue weighted by atomic mass is 9.79. The molecule has 3 rings (SSSR count). The predicted molar refractivity (Wildman–Crippen MR) is 79.9 cm³/mol. The Morgan fingerprint density at radius 2 is 2.14 bits per heavy atom. The third-order valence-corrected chi connectivity index (χ3v) is 5.00. The summed E-state index contributed by atoms with van der Waals surface area (Å²) in [6, 6.07) is 0. The molecule has 2 aliphatic rings. The van der Waals surface area contributed by atoms with Gasteiger partial charge in [-0.2, -0.15) is 4.98 Å². The molecule has 2 heterocycles. The van der Waals surface area contributed by atoms with Gasteiger partial charge in [-0.15, -0.1) is 0 Å². The van der Waals surface area contributed by atoms with Crippen LogP contribution < -0.4 is 5.32 Å². The van der Waals surface area contributed by atoms with Gasteiger partial charge in [0, 0.05) is 13.0 Å². The molecule has 1 unspecified atom stereocenters. The second kappa shape index (κ2) is 6.44. The SMILES string of the molecule is CCOC1(c2noc(CC3CCNC3)n2)CCC(C)CC1. The molecule has 1 N–H and O–H groups in total. The highest BCUT2D eigenvalue weighted by Crippen LogP contribution is 2.41. The summed E-state index contributed by atoms with van der Waals surface area (Å²) >= 11 is 0. The van der Waals surface area contributed by atoms with Crippen molar-refractivity contribution in [3.63, 3.8) is 0 Å². The first-order chi connectivity index (χ1) is 10.2. The molecule has 1 atom stereocenters. The summed E-state index contributed by atoms with van der Waals surface area (Å²) in [7, 11) is 0. The quantitative estimate of drug-likeness (QED) is 0.904. The monoisotopic (exact) mass is 293 g/mol. The van der Waals surface area contributed by atoms with E-state index in [0.29, 0.717) is 12.5 Å². The van der Waals surface area contributed by atoms with Crippen molar-refractivity contribution in [2.45, 2.75) is 58.0 Å². The average molecular weight is 293 g/mol. The minimum absolute atomic E-state index is 0.309. The van der Waals surface area contributed by atoms with Gasteiger partial charge in [0.15, 0.2) is 0 Å². The normalized spacial score (nSPS) is 33.4. The molecule has 1 aromatic heterocycles. The first kappa shape index (κ1) is 15.0. The highest BCUT2D eigenvalue weighted by molar-refractivity contribution is 5.04. The van der Waals surface area contributed by atoms with Crippen LogP contribution in [0.5, 0.6) is 0 Å². The highest BCUT2D eigenvalue weighted by Gasteiger charge is 2.41. The molecule has 2 fully saturated rings. The van der Waals surface area contributed by atoms with E-state index in [9.17, 15) is 0 Å². The number of hydrogen-bond acceptors (Lipinski definition) is 5. The van der Waals surface area contributed by atoms with E-state index in [1.54, 1.807) is 0 Å². The van der Waals surface area contributed by atoms with Crippen LogP contribution in [0.25, 0.3) is 0 Å². The molecule has 0 radical (unpaired) electrons. The first-order valence-electron chi connectivity index (χ1n) is 8.39. The van der Waals surface area contributed by atoms with Crippen LogP contribution in [-0.2, 0) is 16.8 Å². The van der Waals surface area contributed by atoms with Crippen LogP contribution in [-0.4, -0.2) is 29.8 Å². The predicted octanol–water partition coefficient (Wildman–Crippen LogP) is 2.66. The lowest BCUT2D eigenvalue weighted by molar-refractivity contribution is -0.0847. The Morgan fingerprint density at radius 1 is 1.33 bits per heavy atom. The fourth-order valence-corrected chi connectivity index (χ4v) is 3.60. The van der Waals surface area contributed by atoms with Crippen molar-refractivity contribution in [2.24, 2.45) is 11.8 Å². The molecular weight excluding hydrogens is 266 g/mol. The van der Waals surface area contributed by atoms with Gasteiger partial charge < -0.3 is 14.6 Å². The smallest absolute Gasteiger partial charge is 0.227 e. The van der Waals surface area contributed by atoms with E-state index in [2.05, 4.69) is 22.4 Å². The summed E-state index contributed by atoms with van der Waals surface area (Å²) in [5, 5.41) is 7.65. The van der Waals surface area contributed by atoms with Crippen LogP contribution in [0.2, 0.25) is 0 Å². The summed E-state index contributed by atoms with van der Waals surface area (Å²) < 4.78 is 11.6. The van der Waals surface area contributed by atoms with E-state index in [1.807, 2.05) is 6.92 Å². The minimum Gasteiger partial charge on any atom is -0.367 e. The van der Waals surface area contributed by atoms with Crippen LogP contribution >= 0.6 is 0 Å². The maximum Gasteiger partial charge on any atom is 0.227 e. The molecule has 21 heavy (non-hydrogen) atoms. The molecule has 0 bridgehead atoms. The van der Waals surface area contributed by atoms with Crippen LogP contribution in [0.3, 0.4) is 0 Å². The molecule has 1 saturated carbocycles. The van der Waals surface area contributed by atoms with Crippen molar-refractivity contribution in [2.75, 3.05) is 19.7 Å². The van der Waals surface area contributed by atoms with Gasteiger partial charge in [0.25, 0.3) is 0 Å². The van der Waals surface area contributed by atoms with Gasteiger partial charge in [0.05, 0.1) is 0 Å². The van der Waals surface area contributed by atoms with Crippen LogP contribution in [0.4, 0.5) is 0 Å². The number of rotatable bonds is 5. The van der Waals surface area contributed by atoms with E-state index in [1.165, 1.54) is 19.3 Å². The fraction of sp³-hybridized carbons (Fsp3) is 0.875. The van der Waals surface area contributed by atoms with E-state index in [-0.39, 0.29) is 5.60 Å². The molecule has 1 aliphatic heterocycles. The number of ether oxygens (including phenoxy) is 1. The van der Waals surface area contributed by atoms with Gasteiger partial charge in [0.2, 0.25) is 11.7 Å². The third kappa shape index (κ3) is 3.29. The summed E-state index contributed by atoms with van der Waals surface area (Å²) in [6.07, 6.45) is 6.45. The van der Waals surface area contributed by atoms with Crippen molar-refractivity contribution in [1.82, 2.24) is 15.5 Å². The lowest BCUT2D eigenvalue weighted by Crippen LogP contribution is -2.35. The van der Waals surface area contributed by atoms with Gasteiger partial charge in [-0.1, -0.05) is 12.1 Å². The number of nitrogens with zero attached hydrogens (tertiary/aromatic N) is 2. The zero-order valence-corrected chi connectivity index (χ0v) is 13.2. The first-order valence-corrected chi connectivity index (χ1v) is 8.39. The van der Waals surface area contributed by atoms with Gasteiger partial charge >= 0.3 is 0 Å². The molecule has 5 nitrogen and oxygen atoms in total. The molecular formula is C16H27N3O2. The average Bonchev–Trinajstić information content (AvgIpc) is 3.14. The van der Waals surface area contributed by atoms with Crippen LogP contribution in [0, 0.1) is 11.8 Å². The standard InChI is InChI=1S/C16H27N3O2/c1-3-20-16(7-4-12(2)5-8-16)15-18-14(21-19-15)10-13-6-9-17-11-13/h12-13,17H,3-11H2,1-2H3. The molecule has 0 spiro atoms. The third-order valence-electron chi connectivity index (χ3n) is 5.00. The molecule has 1 aromatic rings. The van der Waals surface area contributed by atoms with Crippen LogP contribution in [0.1, 0.15) is 57.7 Å². The second-order valence-electron chi connectivity index (χ2n) is 6.68. The van der Waals surface area contributed by atoms with Crippen LogP contribution in [0.15, 0.2) is 4.52 Å². The largest absolute Gasteiger partial charge is 0.367 e. The minimum atomic E-state index is -0.309. The Bertz CT molecular complexity index is 446. The Kier molecular flexibility index (Phi) is 4.60. The van der Waals surface area contributed by atoms with Crippen molar-refractivity contribution >= 4 is 0 Å². The maximum atomic E-state index is 6.09. The molecule has 1 aliphatic carbocycles. The lowest BCUT2D eigenvalue weighted by Gasteiger charge is -2.36. The molecule has 5 heteroatoms. The Balaban J connectivity index is 1.72. The highest BCUT2D eigenvalue weighted by atomic mass is 16.5. The van der Waals surface area contributed by atoms with Gasteiger partial charge in [-0.05, 0) is 64.0 Å². The Labute approximate surface area is 126 Å². The molecule has 0 amide bonds. The maximum absolute atomic E-state index is 6.09. The van der Waals surface area contributed by atoms with E-state index in [0.717, 1.165) is 50.0 Å². The summed E-state index contributed by atoms with van der Waals surface area (Å²) in [5.74, 6) is 2.95. The molecule has 1 saturated heterocycles. The summed E-state index contributed by atoms with van der Waals surface area (Å²) in [4.78, 5) is 4.68. The number of hydrogen-bond donors (Lipinski definition) is 1. The van der Waals surface area contributed by atoms with Gasteiger partial charge in [0.1, 0.15) is 5.60 Å². The van der Waals surface area contributed by atoms with Crippen molar-refractivity contribution in [3.8, 4) is 0 Å². The van der Waals surface area contributed by atoms with E-state index >= 15 is 0 Å². The Morgan fingerprint density at radius 3 is 2.81 bits per heavy atom. The number of nitrogens with one attached hydrogen (secondary N) is 1. The Hall–Kier alpha value is -0.940. The summed E-state index contributed by atoms with van der Waals surface area (Å²) in [6.45, 7) is 7.22. The van der Waals surface area contributed by atoms with Crippen molar-refractivity contribution in [3.05, 3.63) is 11.7 Å². The fourth-order valence-electron chi connectivity index (χ4n) is 3.60. The zero-order chi connectivity index (χ0) is 14.7. The zero-order valence-electron chi connectivity index (χ0n) is 13.2. The van der Waals surface area contributed by atoms with Crippen molar-refractivity contribution in [1.29, 1.82) is 0 Å². The second-order valence-corrected chi connectivity index (χ2v) is 6.68. The van der Waals surface area contributed by atoms with Gasteiger partial charge in [-0.25, -0.2) is 0 Å². The van der Waals surface area contributed by atoms with Crippen molar-refractivity contribution < 1.29 is 9.26 Å². The topological polar surface area (TPSA) is 60.2 Å². The van der Waals surface area contributed by atoms with E-state index < -0.39 is 0 Å². The molecule has 0 aromatic carbocycles. The molecule has 118 valence electrons. The number of aromatic nitrogens is 2.